The van der Waals surface area contributed by atoms with Gasteiger partial charge in [0.2, 0.25) is 0 Å². The second-order valence-corrected chi connectivity index (χ2v) is 8.72. The van der Waals surface area contributed by atoms with Crippen molar-refractivity contribution in [3.8, 4) is 0 Å². The van der Waals surface area contributed by atoms with Crippen molar-refractivity contribution in [3.63, 3.8) is 0 Å². The van der Waals surface area contributed by atoms with Crippen LogP contribution in [0.15, 0.2) is 29.3 Å². The van der Waals surface area contributed by atoms with Crippen molar-refractivity contribution in [3.05, 3.63) is 35.4 Å². The molecule has 180 valence electrons. The van der Waals surface area contributed by atoms with Crippen molar-refractivity contribution in [1.29, 1.82) is 0 Å². The molecule has 1 aromatic carbocycles. The van der Waals surface area contributed by atoms with Gasteiger partial charge < -0.3 is 24.6 Å². The van der Waals surface area contributed by atoms with Gasteiger partial charge in [-0.1, -0.05) is 24.3 Å². The number of nitrogens with one attached hydrogen (secondary N) is 1. The van der Waals surface area contributed by atoms with E-state index in [1.54, 1.807) is 17.0 Å². The predicted molar refractivity (Wildman–Crippen MR) is 125 cm³/mol. The summed E-state index contributed by atoms with van der Waals surface area (Å²) in [7, 11) is 0. The number of carbonyl (C=O) groups is 1. The number of piperazine rings is 1. The van der Waals surface area contributed by atoms with Gasteiger partial charge in [0.15, 0.2) is 5.96 Å². The minimum atomic E-state index is -4.32. The van der Waals surface area contributed by atoms with Crippen molar-refractivity contribution in [1.82, 2.24) is 15.1 Å². The van der Waals surface area contributed by atoms with Crippen LogP contribution >= 0.6 is 24.0 Å². The Hall–Kier alpha value is -1.76. The van der Waals surface area contributed by atoms with Crippen molar-refractivity contribution < 1.29 is 27.4 Å². The highest BCUT2D eigenvalue weighted by molar-refractivity contribution is 14.0. The fourth-order valence-electron chi connectivity index (χ4n) is 3.44. The van der Waals surface area contributed by atoms with Gasteiger partial charge in [0.25, 0.3) is 0 Å². The fourth-order valence-corrected chi connectivity index (χ4v) is 3.44. The zero-order valence-corrected chi connectivity index (χ0v) is 20.8. The molecule has 1 amide bonds. The highest BCUT2D eigenvalue weighted by Gasteiger charge is 2.36. The summed E-state index contributed by atoms with van der Waals surface area (Å²) in [5.74, 6) is 0.798. The number of ether oxygens (including phenoxy) is 2. The lowest BCUT2D eigenvalue weighted by Crippen LogP contribution is -2.57. The lowest BCUT2D eigenvalue weighted by molar-refractivity contribution is -0.176. The van der Waals surface area contributed by atoms with E-state index in [0.29, 0.717) is 38.3 Å². The number of fused-ring (bicyclic) bond motifs is 1. The summed E-state index contributed by atoms with van der Waals surface area (Å²) in [4.78, 5) is 20.8. The van der Waals surface area contributed by atoms with Gasteiger partial charge in [-0.15, -0.1) is 24.0 Å². The molecule has 0 saturated carbocycles. The standard InChI is InChI=1S/C21H29F3N4O3.HI/c1-20(2,3)31-19(29)27-8-9-28-17(12-27)11-26-18(28)25-10-15-4-6-16(7-5-15)13-30-14-21(22,23)24;/h4-7,17H,8-14H2,1-3H3,(H,25,26);1H. The van der Waals surface area contributed by atoms with Gasteiger partial charge in [-0.3, -0.25) is 4.99 Å². The highest BCUT2D eigenvalue weighted by atomic mass is 127. The summed E-state index contributed by atoms with van der Waals surface area (Å²) in [6, 6.07) is 7.34. The number of carbonyl (C=O) groups excluding carboxylic acids is 1. The number of hydrogen-bond donors (Lipinski definition) is 1. The van der Waals surface area contributed by atoms with E-state index in [1.807, 2.05) is 32.9 Å². The van der Waals surface area contributed by atoms with E-state index in [4.69, 9.17) is 4.74 Å². The molecule has 1 N–H and O–H groups in total. The number of aliphatic imine (C=N–C) groups is 1. The maximum absolute atomic E-state index is 12.3. The molecule has 2 aliphatic heterocycles. The Bertz CT molecular complexity index is 797. The molecule has 3 rings (SSSR count). The SMILES string of the molecule is CC(C)(C)OC(=O)N1CCN2C(NCc3ccc(COCC(F)(F)F)cc3)=NCC2C1.I. The number of nitrogens with zero attached hydrogens (tertiary/aromatic N) is 3. The second-order valence-electron chi connectivity index (χ2n) is 8.72. The number of amides is 1. The maximum Gasteiger partial charge on any atom is 0.411 e. The smallest absolute Gasteiger partial charge is 0.411 e. The molecule has 0 bridgehead atoms. The molecule has 1 fully saturated rings. The average molecular weight is 570 g/mol. The third-order valence-electron chi connectivity index (χ3n) is 4.87. The summed E-state index contributed by atoms with van der Waals surface area (Å²) in [5.41, 5.74) is 1.15. The molecule has 11 heteroatoms. The molecule has 1 atom stereocenters. The number of rotatable bonds is 5. The molecular formula is C21H30F3IN4O3. The summed E-state index contributed by atoms with van der Waals surface area (Å²) in [5, 5.41) is 3.32. The van der Waals surface area contributed by atoms with Crippen LogP contribution in [0.25, 0.3) is 0 Å². The third-order valence-corrected chi connectivity index (χ3v) is 4.87. The first-order valence-corrected chi connectivity index (χ1v) is 10.3. The van der Waals surface area contributed by atoms with Gasteiger partial charge >= 0.3 is 12.3 Å². The van der Waals surface area contributed by atoms with Crippen molar-refractivity contribution in [2.75, 3.05) is 32.8 Å². The molecular weight excluding hydrogens is 540 g/mol. The topological polar surface area (TPSA) is 66.4 Å². The minimum absolute atomic E-state index is 0. The monoisotopic (exact) mass is 570 g/mol. The van der Waals surface area contributed by atoms with Crippen LogP contribution in [0, 0.1) is 0 Å². The van der Waals surface area contributed by atoms with Crippen molar-refractivity contribution in [2.24, 2.45) is 4.99 Å². The number of guanidine groups is 1. The van der Waals surface area contributed by atoms with E-state index in [9.17, 15) is 18.0 Å². The second kappa shape index (κ2) is 10.9. The molecule has 7 nitrogen and oxygen atoms in total. The average Bonchev–Trinajstić information content (AvgIpc) is 3.07. The van der Waals surface area contributed by atoms with E-state index in [-0.39, 0.29) is 42.7 Å². The van der Waals surface area contributed by atoms with Crippen LogP contribution in [0.4, 0.5) is 18.0 Å². The zero-order valence-electron chi connectivity index (χ0n) is 18.4. The van der Waals surface area contributed by atoms with Gasteiger partial charge in [0.05, 0.1) is 19.2 Å². The zero-order chi connectivity index (χ0) is 22.6. The van der Waals surface area contributed by atoms with Gasteiger partial charge in [-0.25, -0.2) is 4.79 Å². The number of halogens is 4. The minimum Gasteiger partial charge on any atom is -0.444 e. The molecule has 2 aliphatic rings. The molecule has 1 saturated heterocycles. The summed E-state index contributed by atoms with van der Waals surface area (Å²) >= 11 is 0. The Balaban J connectivity index is 0.00000363. The maximum atomic E-state index is 12.3. The Morgan fingerprint density at radius 2 is 1.81 bits per heavy atom. The molecule has 32 heavy (non-hydrogen) atoms. The van der Waals surface area contributed by atoms with Crippen LogP contribution < -0.4 is 5.32 Å². The van der Waals surface area contributed by atoms with Gasteiger partial charge in [0, 0.05) is 26.2 Å². The quantitative estimate of drug-likeness (QED) is 0.547. The van der Waals surface area contributed by atoms with E-state index in [0.717, 1.165) is 11.5 Å². The lowest BCUT2D eigenvalue weighted by atomic mass is 10.1. The van der Waals surface area contributed by atoms with E-state index in [1.165, 1.54) is 0 Å². The predicted octanol–water partition coefficient (Wildman–Crippen LogP) is 3.76. The first-order valence-electron chi connectivity index (χ1n) is 10.3. The molecule has 2 heterocycles. The normalized spacial score (nSPS) is 18.6. The van der Waals surface area contributed by atoms with Crippen molar-refractivity contribution >= 4 is 36.0 Å². The van der Waals surface area contributed by atoms with Crippen molar-refractivity contribution in [2.45, 2.75) is 51.7 Å². The third kappa shape index (κ3) is 7.98. The van der Waals surface area contributed by atoms with E-state index >= 15 is 0 Å². The Labute approximate surface area is 203 Å². The van der Waals surface area contributed by atoms with Gasteiger partial charge in [0.1, 0.15) is 12.2 Å². The highest BCUT2D eigenvalue weighted by Crippen LogP contribution is 2.19. The van der Waals surface area contributed by atoms with E-state index < -0.39 is 18.4 Å². The molecule has 1 aromatic rings. The van der Waals surface area contributed by atoms with Gasteiger partial charge in [-0.05, 0) is 31.9 Å². The van der Waals surface area contributed by atoms with Crippen LogP contribution in [-0.4, -0.2) is 72.5 Å². The fraction of sp³-hybridized carbons (Fsp3) is 0.619. The van der Waals surface area contributed by atoms with Crippen LogP contribution in [0.5, 0.6) is 0 Å². The van der Waals surface area contributed by atoms with E-state index in [2.05, 4.69) is 19.9 Å². The summed E-state index contributed by atoms with van der Waals surface area (Å²) < 4.78 is 46.6. The number of benzene rings is 1. The Kier molecular flexibility index (Phi) is 9.03. The molecule has 0 radical (unpaired) electrons. The molecule has 1 unspecified atom stereocenters. The number of alkyl halides is 3. The van der Waals surface area contributed by atoms with Crippen LogP contribution in [-0.2, 0) is 22.6 Å². The molecule has 0 spiro atoms. The number of hydrogen-bond acceptors (Lipinski definition) is 6. The first-order chi connectivity index (χ1) is 14.5. The Morgan fingerprint density at radius 3 is 2.44 bits per heavy atom. The lowest BCUT2D eigenvalue weighted by Gasteiger charge is -2.39. The molecule has 0 aromatic heterocycles. The largest absolute Gasteiger partial charge is 0.444 e. The first kappa shape index (κ1) is 26.5. The summed E-state index contributed by atoms with van der Waals surface area (Å²) in [6.07, 6.45) is -4.62. The van der Waals surface area contributed by atoms with Crippen LogP contribution in [0.2, 0.25) is 0 Å². The van der Waals surface area contributed by atoms with Gasteiger partial charge in [-0.2, -0.15) is 13.2 Å². The summed E-state index contributed by atoms with van der Waals surface area (Å²) in [6.45, 7) is 7.18. The molecule has 0 aliphatic carbocycles. The van der Waals surface area contributed by atoms with Crippen LogP contribution in [0.1, 0.15) is 31.9 Å². The Morgan fingerprint density at radius 1 is 1.16 bits per heavy atom. The van der Waals surface area contributed by atoms with Crippen LogP contribution in [0.3, 0.4) is 0 Å².